The van der Waals surface area contributed by atoms with Crippen LogP contribution < -0.4 is 17.1 Å². The lowest BCUT2D eigenvalue weighted by molar-refractivity contribution is -0.00000993. The highest BCUT2D eigenvalue weighted by Gasteiger charge is 2.26. The molecule has 5 N–H and O–H groups in total. The first kappa shape index (κ1) is 17.3. The van der Waals surface area contributed by atoms with Gasteiger partial charge in [0.05, 0.1) is 18.7 Å². The lowest BCUT2D eigenvalue weighted by Crippen LogP contribution is -3.00. The Morgan fingerprint density at radius 1 is 0.792 bits per heavy atom. The minimum absolute atomic E-state index is 0. The van der Waals surface area contributed by atoms with Crippen LogP contribution in [-0.2, 0) is 0 Å². The van der Waals surface area contributed by atoms with Gasteiger partial charge in [0.25, 0.3) is 0 Å². The molecule has 0 fully saturated rings. The standard InChI is InChI=1S/C16H12O7.ClH/c1-22-8-4-10(17)9-6-13(20)16(23-14(9)5-8)7-2-11(18)15(21)12(19)3-7;/h2-6H,1H3,(H4-,17,18,19,20,21);1H. The number of benzene rings is 2. The number of phenols is 4. The van der Waals surface area contributed by atoms with Gasteiger partial charge in [-0.05, 0) is 0 Å². The van der Waals surface area contributed by atoms with Crippen molar-refractivity contribution >= 4 is 11.0 Å². The number of rotatable bonds is 2. The molecular formula is C16H13ClO7. The molecule has 126 valence electrons. The summed E-state index contributed by atoms with van der Waals surface area (Å²) >= 11 is 0. The van der Waals surface area contributed by atoms with Crippen LogP contribution in [0.2, 0.25) is 0 Å². The molecule has 0 aliphatic rings. The van der Waals surface area contributed by atoms with Gasteiger partial charge in [0.15, 0.2) is 17.2 Å². The molecule has 0 spiro atoms. The molecule has 7 nitrogen and oxygen atoms in total. The summed E-state index contributed by atoms with van der Waals surface area (Å²) in [5, 5.41) is 48.8. The van der Waals surface area contributed by atoms with Gasteiger partial charge >= 0.3 is 11.3 Å². The quantitative estimate of drug-likeness (QED) is 0.323. The number of halogens is 1. The van der Waals surface area contributed by atoms with Gasteiger partial charge in [-0.3, -0.25) is 0 Å². The van der Waals surface area contributed by atoms with Crippen LogP contribution in [0.15, 0.2) is 34.7 Å². The van der Waals surface area contributed by atoms with E-state index < -0.39 is 17.2 Å². The Morgan fingerprint density at radius 2 is 1.42 bits per heavy atom. The van der Waals surface area contributed by atoms with Crippen molar-refractivity contribution in [1.29, 1.82) is 0 Å². The predicted octanol–water partition coefficient (Wildman–Crippen LogP) is -0.0785. The van der Waals surface area contributed by atoms with Gasteiger partial charge in [0, 0.05) is 24.3 Å². The normalized spacial score (nSPS) is 10.4. The van der Waals surface area contributed by atoms with Gasteiger partial charge in [-0.2, -0.15) is 0 Å². The molecule has 0 atom stereocenters. The average molecular weight is 353 g/mol. The Hall–Kier alpha value is -3.06. The van der Waals surface area contributed by atoms with Crippen LogP contribution in [-0.4, -0.2) is 32.6 Å². The lowest BCUT2D eigenvalue weighted by Gasteiger charge is -2.04. The van der Waals surface area contributed by atoms with Crippen LogP contribution in [0.5, 0.6) is 34.5 Å². The number of methoxy groups -OCH3 is 1. The van der Waals surface area contributed by atoms with Gasteiger partial charge in [0.1, 0.15) is 16.9 Å². The van der Waals surface area contributed by atoms with E-state index in [1.807, 2.05) is 0 Å². The van der Waals surface area contributed by atoms with Crippen molar-refractivity contribution < 1.29 is 47.1 Å². The molecule has 0 aliphatic carbocycles. The maximum Gasteiger partial charge on any atom is 0.402 e. The molecule has 0 radical (unpaired) electrons. The summed E-state index contributed by atoms with van der Waals surface area (Å²) in [5.74, 6) is -1.97. The molecule has 0 bridgehead atoms. The molecule has 24 heavy (non-hydrogen) atoms. The molecule has 0 amide bonds. The van der Waals surface area contributed by atoms with Crippen LogP contribution in [0.3, 0.4) is 0 Å². The average Bonchev–Trinajstić information content (AvgIpc) is 2.52. The molecule has 1 heterocycles. The number of fused-ring (bicyclic) bond motifs is 1. The third kappa shape index (κ3) is 2.77. The summed E-state index contributed by atoms with van der Waals surface area (Å²) in [5.41, 5.74) is 0.362. The molecule has 3 aromatic rings. The Bertz CT molecular complexity index is 901. The van der Waals surface area contributed by atoms with E-state index in [0.717, 1.165) is 12.1 Å². The van der Waals surface area contributed by atoms with Crippen molar-refractivity contribution in [2.45, 2.75) is 0 Å². The Labute approximate surface area is 142 Å². The van der Waals surface area contributed by atoms with Gasteiger partial charge < -0.3 is 42.7 Å². The summed E-state index contributed by atoms with van der Waals surface area (Å²) in [6.45, 7) is 0. The minimum atomic E-state index is -0.673. The van der Waals surface area contributed by atoms with Gasteiger partial charge in [0.2, 0.25) is 5.75 Å². The zero-order valence-corrected chi connectivity index (χ0v) is 13.1. The van der Waals surface area contributed by atoms with E-state index >= 15 is 0 Å². The third-order valence-electron chi connectivity index (χ3n) is 3.39. The Balaban J connectivity index is 0.00000208. The van der Waals surface area contributed by atoms with Gasteiger partial charge in [-0.1, -0.05) is 0 Å². The van der Waals surface area contributed by atoms with E-state index in [1.54, 1.807) is 0 Å². The predicted molar refractivity (Wildman–Crippen MR) is 80.9 cm³/mol. The van der Waals surface area contributed by atoms with E-state index in [2.05, 4.69) is 0 Å². The van der Waals surface area contributed by atoms with Crippen molar-refractivity contribution in [2.75, 3.05) is 7.11 Å². The van der Waals surface area contributed by atoms with Gasteiger partial charge in [-0.25, -0.2) is 4.42 Å². The maximum absolute atomic E-state index is 10.1. The maximum atomic E-state index is 10.1. The number of phenolic OH excluding ortho intramolecular Hbond substituents is 4. The van der Waals surface area contributed by atoms with Crippen LogP contribution in [0.25, 0.3) is 22.3 Å². The first-order valence-electron chi connectivity index (χ1n) is 6.53. The summed E-state index contributed by atoms with van der Waals surface area (Å²) in [4.78, 5) is 0. The number of hydrogen-bond acceptors (Lipinski definition) is 6. The highest BCUT2D eigenvalue weighted by Crippen LogP contribution is 2.43. The highest BCUT2D eigenvalue weighted by molar-refractivity contribution is 5.88. The molecule has 3 rings (SSSR count). The molecule has 0 saturated heterocycles. The number of ether oxygens (including phenoxy) is 1. The van der Waals surface area contributed by atoms with Crippen LogP contribution in [0, 0.1) is 0 Å². The fourth-order valence-corrected chi connectivity index (χ4v) is 2.24. The SMILES string of the molecule is COc1cc(O)c2cc(O)c(-c3cc(O)c(O)c(O)c3)[o+]c2c1.[Cl-]. The fraction of sp³-hybridized carbons (Fsp3) is 0.0625. The molecule has 1 aromatic heterocycles. The van der Waals surface area contributed by atoms with Crippen molar-refractivity contribution in [3.05, 3.63) is 30.3 Å². The second-order valence-electron chi connectivity index (χ2n) is 4.88. The van der Waals surface area contributed by atoms with Crippen molar-refractivity contribution in [1.82, 2.24) is 0 Å². The second kappa shape index (κ2) is 6.21. The van der Waals surface area contributed by atoms with Crippen molar-refractivity contribution in [3.63, 3.8) is 0 Å². The van der Waals surface area contributed by atoms with E-state index in [9.17, 15) is 25.5 Å². The smallest absolute Gasteiger partial charge is 0.402 e. The van der Waals surface area contributed by atoms with Crippen LogP contribution in [0.1, 0.15) is 0 Å². The van der Waals surface area contributed by atoms with Crippen molar-refractivity contribution in [3.8, 4) is 45.8 Å². The van der Waals surface area contributed by atoms with E-state index in [1.165, 1.54) is 25.3 Å². The molecule has 0 aliphatic heterocycles. The van der Waals surface area contributed by atoms with Crippen LogP contribution in [0.4, 0.5) is 0 Å². The molecule has 8 heteroatoms. The number of hydrogen-bond donors (Lipinski definition) is 5. The molecule has 0 saturated carbocycles. The lowest BCUT2D eigenvalue weighted by atomic mass is 10.1. The molecule has 2 aromatic carbocycles. The van der Waals surface area contributed by atoms with Gasteiger partial charge in [-0.15, -0.1) is 0 Å². The Morgan fingerprint density at radius 3 is 2.00 bits per heavy atom. The third-order valence-corrected chi connectivity index (χ3v) is 3.39. The summed E-state index contributed by atoms with van der Waals surface area (Å²) in [7, 11) is 1.43. The van der Waals surface area contributed by atoms with E-state index in [-0.39, 0.29) is 46.2 Å². The number of aromatic hydroxyl groups is 5. The second-order valence-corrected chi connectivity index (χ2v) is 4.88. The minimum Gasteiger partial charge on any atom is -1.00 e. The van der Waals surface area contributed by atoms with Crippen LogP contribution >= 0.6 is 0 Å². The zero-order chi connectivity index (χ0) is 16.7. The zero-order valence-electron chi connectivity index (χ0n) is 12.3. The largest absolute Gasteiger partial charge is 1.00 e. The first-order valence-corrected chi connectivity index (χ1v) is 6.53. The van der Waals surface area contributed by atoms with E-state index in [0.29, 0.717) is 5.75 Å². The first-order chi connectivity index (χ1) is 10.9. The van der Waals surface area contributed by atoms with Crippen molar-refractivity contribution in [2.24, 2.45) is 0 Å². The van der Waals surface area contributed by atoms with E-state index in [4.69, 9.17) is 9.15 Å². The monoisotopic (exact) mass is 352 g/mol. The molecular weight excluding hydrogens is 340 g/mol. The summed E-state index contributed by atoms with van der Waals surface area (Å²) in [6, 6.07) is 6.41. The highest BCUT2D eigenvalue weighted by atomic mass is 35.5. The topological polar surface area (TPSA) is 122 Å². The Kier molecular flexibility index (Phi) is 4.48. The summed E-state index contributed by atoms with van der Waals surface area (Å²) in [6.07, 6.45) is 0. The summed E-state index contributed by atoms with van der Waals surface area (Å²) < 4.78 is 10.6. The fourth-order valence-electron chi connectivity index (χ4n) is 2.24. The molecule has 0 unspecified atom stereocenters.